The summed E-state index contributed by atoms with van der Waals surface area (Å²) in [6.45, 7) is 1.39. The zero-order chi connectivity index (χ0) is 18.2. The van der Waals surface area contributed by atoms with Crippen LogP contribution in [0.2, 0.25) is 5.02 Å². The van der Waals surface area contributed by atoms with Crippen LogP contribution in [-0.2, 0) is 14.4 Å². The highest BCUT2D eigenvalue weighted by molar-refractivity contribution is 6.39. The van der Waals surface area contributed by atoms with Gasteiger partial charge in [-0.25, -0.2) is 5.43 Å². The molecule has 0 atom stereocenters. The van der Waals surface area contributed by atoms with Gasteiger partial charge in [0.05, 0.1) is 6.21 Å². The Labute approximate surface area is 149 Å². The number of benzene rings is 2. The van der Waals surface area contributed by atoms with Crippen molar-refractivity contribution < 1.29 is 14.4 Å². The minimum Gasteiger partial charge on any atom is -0.326 e. The van der Waals surface area contributed by atoms with Gasteiger partial charge in [0.25, 0.3) is 0 Å². The first-order valence-corrected chi connectivity index (χ1v) is 7.60. The van der Waals surface area contributed by atoms with Gasteiger partial charge in [0.2, 0.25) is 5.91 Å². The molecule has 0 aromatic heterocycles. The molecule has 0 heterocycles. The largest absolute Gasteiger partial charge is 0.329 e. The molecule has 2 rings (SSSR count). The van der Waals surface area contributed by atoms with Crippen LogP contribution in [0.3, 0.4) is 0 Å². The molecule has 0 aliphatic rings. The molecule has 0 saturated heterocycles. The van der Waals surface area contributed by atoms with Gasteiger partial charge in [-0.15, -0.1) is 0 Å². The first-order chi connectivity index (χ1) is 12.0. The van der Waals surface area contributed by atoms with Crippen LogP contribution in [0.25, 0.3) is 0 Å². The Morgan fingerprint density at radius 1 is 0.920 bits per heavy atom. The molecule has 0 bridgehead atoms. The molecule has 8 heteroatoms. The van der Waals surface area contributed by atoms with Crippen molar-refractivity contribution in [2.75, 3.05) is 10.6 Å². The summed E-state index contributed by atoms with van der Waals surface area (Å²) >= 11 is 5.94. The van der Waals surface area contributed by atoms with Gasteiger partial charge in [-0.3, -0.25) is 14.4 Å². The Bertz CT molecular complexity index is 819. The summed E-state index contributed by atoms with van der Waals surface area (Å²) in [5, 5.41) is 9.18. The number of hydrogen-bond acceptors (Lipinski definition) is 4. The van der Waals surface area contributed by atoms with E-state index in [0.29, 0.717) is 22.0 Å². The number of nitrogens with zero attached hydrogens (tertiary/aromatic N) is 1. The normalized spacial score (nSPS) is 10.3. The number of hydrogen-bond donors (Lipinski definition) is 3. The van der Waals surface area contributed by atoms with Crippen LogP contribution in [0.4, 0.5) is 11.4 Å². The molecular weight excluding hydrogens is 344 g/mol. The van der Waals surface area contributed by atoms with Gasteiger partial charge in [0.1, 0.15) is 0 Å². The van der Waals surface area contributed by atoms with E-state index in [1.807, 2.05) is 0 Å². The fraction of sp³-hybridized carbons (Fsp3) is 0.0588. The highest BCUT2D eigenvalue weighted by Crippen LogP contribution is 2.13. The van der Waals surface area contributed by atoms with Crippen LogP contribution in [0, 0.1) is 0 Å². The average molecular weight is 359 g/mol. The summed E-state index contributed by atoms with van der Waals surface area (Å²) in [5.41, 5.74) is 3.72. The molecule has 7 nitrogen and oxygen atoms in total. The Hall–Kier alpha value is -3.19. The second-order valence-corrected chi connectivity index (χ2v) is 5.34. The Morgan fingerprint density at radius 2 is 1.52 bits per heavy atom. The Kier molecular flexibility index (Phi) is 6.25. The van der Waals surface area contributed by atoms with Crippen LogP contribution in [-0.4, -0.2) is 23.9 Å². The standard InChI is InChI=1S/C17H15ClN4O3/c1-11(23)20-13-6-8-14(9-7-13)21-16(24)17(25)22-19-10-12-4-2-3-5-15(12)18/h2-10H,1H3,(H,20,23)(H,21,24)(H,22,25). The van der Waals surface area contributed by atoms with Crippen molar-refractivity contribution >= 4 is 46.9 Å². The molecular formula is C17H15ClN4O3. The number of halogens is 1. The van der Waals surface area contributed by atoms with Crippen molar-refractivity contribution in [1.29, 1.82) is 0 Å². The fourth-order valence-corrected chi connectivity index (χ4v) is 2.00. The predicted octanol–water partition coefficient (Wildman–Crippen LogP) is 2.39. The maximum Gasteiger partial charge on any atom is 0.329 e. The molecule has 3 amide bonds. The van der Waals surface area contributed by atoms with E-state index in [4.69, 9.17) is 11.6 Å². The molecule has 25 heavy (non-hydrogen) atoms. The van der Waals surface area contributed by atoms with E-state index in [2.05, 4.69) is 21.2 Å². The zero-order valence-corrected chi connectivity index (χ0v) is 14.0. The van der Waals surface area contributed by atoms with Gasteiger partial charge in [0, 0.05) is 28.9 Å². The van der Waals surface area contributed by atoms with Crippen molar-refractivity contribution in [1.82, 2.24) is 5.43 Å². The molecule has 0 saturated carbocycles. The van der Waals surface area contributed by atoms with Gasteiger partial charge in [-0.1, -0.05) is 29.8 Å². The highest BCUT2D eigenvalue weighted by Gasteiger charge is 2.12. The van der Waals surface area contributed by atoms with E-state index in [0.717, 1.165) is 0 Å². The van der Waals surface area contributed by atoms with Crippen molar-refractivity contribution in [3.63, 3.8) is 0 Å². The van der Waals surface area contributed by atoms with Gasteiger partial charge in [0.15, 0.2) is 0 Å². The zero-order valence-electron chi connectivity index (χ0n) is 13.2. The fourth-order valence-electron chi connectivity index (χ4n) is 1.82. The number of anilines is 2. The summed E-state index contributed by atoms with van der Waals surface area (Å²) < 4.78 is 0. The van der Waals surface area contributed by atoms with Gasteiger partial charge in [-0.05, 0) is 30.3 Å². The quantitative estimate of drug-likeness (QED) is 0.444. The molecule has 2 aromatic rings. The summed E-state index contributed by atoms with van der Waals surface area (Å²) in [7, 11) is 0. The van der Waals surface area contributed by atoms with Gasteiger partial charge >= 0.3 is 11.8 Å². The maximum absolute atomic E-state index is 11.8. The molecule has 0 spiro atoms. The van der Waals surface area contributed by atoms with E-state index in [1.165, 1.54) is 13.1 Å². The number of hydrazone groups is 1. The minimum atomic E-state index is -0.922. The lowest BCUT2D eigenvalue weighted by Gasteiger charge is -2.06. The molecule has 2 aromatic carbocycles. The molecule has 0 fully saturated rings. The highest BCUT2D eigenvalue weighted by atomic mass is 35.5. The SMILES string of the molecule is CC(=O)Nc1ccc(NC(=O)C(=O)NN=Cc2ccccc2Cl)cc1. The average Bonchev–Trinajstić information content (AvgIpc) is 2.57. The second kappa shape index (κ2) is 8.60. The lowest BCUT2D eigenvalue weighted by atomic mass is 10.2. The number of nitrogens with one attached hydrogen (secondary N) is 3. The lowest BCUT2D eigenvalue weighted by molar-refractivity contribution is -0.136. The Morgan fingerprint density at radius 3 is 2.12 bits per heavy atom. The summed E-state index contributed by atoms with van der Waals surface area (Å²) in [6.07, 6.45) is 1.34. The van der Waals surface area contributed by atoms with Crippen LogP contribution < -0.4 is 16.1 Å². The summed E-state index contributed by atoms with van der Waals surface area (Å²) in [6, 6.07) is 13.3. The smallest absolute Gasteiger partial charge is 0.326 e. The molecule has 0 unspecified atom stereocenters. The molecule has 128 valence electrons. The van der Waals surface area contributed by atoms with E-state index in [9.17, 15) is 14.4 Å². The van der Waals surface area contributed by atoms with Crippen LogP contribution in [0.15, 0.2) is 53.6 Å². The monoisotopic (exact) mass is 358 g/mol. The second-order valence-electron chi connectivity index (χ2n) is 4.93. The summed E-state index contributed by atoms with van der Waals surface area (Å²) in [4.78, 5) is 34.4. The minimum absolute atomic E-state index is 0.201. The van der Waals surface area contributed by atoms with Crippen LogP contribution >= 0.6 is 11.6 Å². The van der Waals surface area contributed by atoms with Crippen LogP contribution in [0.5, 0.6) is 0 Å². The van der Waals surface area contributed by atoms with Crippen molar-refractivity contribution in [2.45, 2.75) is 6.92 Å². The van der Waals surface area contributed by atoms with Gasteiger partial charge in [-0.2, -0.15) is 5.10 Å². The Balaban J connectivity index is 1.89. The van der Waals surface area contributed by atoms with E-state index in [-0.39, 0.29) is 5.91 Å². The lowest BCUT2D eigenvalue weighted by Crippen LogP contribution is -2.32. The van der Waals surface area contributed by atoms with Crippen LogP contribution in [0.1, 0.15) is 12.5 Å². The number of carbonyl (C=O) groups excluding carboxylic acids is 3. The molecule has 3 N–H and O–H groups in total. The van der Waals surface area contributed by atoms with Crippen molar-refractivity contribution in [3.8, 4) is 0 Å². The first-order valence-electron chi connectivity index (χ1n) is 7.22. The summed E-state index contributed by atoms with van der Waals surface area (Å²) in [5.74, 6) is -2.00. The maximum atomic E-state index is 11.8. The van der Waals surface area contributed by atoms with Crippen molar-refractivity contribution in [3.05, 3.63) is 59.1 Å². The first kappa shape index (κ1) is 18.2. The third-order valence-corrected chi connectivity index (χ3v) is 3.29. The van der Waals surface area contributed by atoms with E-state index >= 15 is 0 Å². The number of rotatable bonds is 4. The predicted molar refractivity (Wildman–Crippen MR) is 96.6 cm³/mol. The number of carbonyl (C=O) groups is 3. The van der Waals surface area contributed by atoms with Crippen molar-refractivity contribution in [2.24, 2.45) is 5.10 Å². The topological polar surface area (TPSA) is 99.7 Å². The molecule has 0 radical (unpaired) electrons. The van der Waals surface area contributed by atoms with E-state index < -0.39 is 11.8 Å². The third-order valence-electron chi connectivity index (χ3n) is 2.94. The van der Waals surface area contributed by atoms with Gasteiger partial charge < -0.3 is 10.6 Å². The molecule has 0 aliphatic carbocycles. The molecule has 0 aliphatic heterocycles. The van der Waals surface area contributed by atoms with E-state index in [1.54, 1.807) is 48.5 Å². The third kappa shape index (κ3) is 5.74. The number of amides is 3.